The quantitative estimate of drug-likeness (QED) is 0.660. The van der Waals surface area contributed by atoms with Gasteiger partial charge in [-0.25, -0.2) is 0 Å². The highest BCUT2D eigenvalue weighted by Gasteiger charge is 2.58. The van der Waals surface area contributed by atoms with E-state index in [2.05, 4.69) is 0 Å². The molecule has 2 rings (SSSR count). The molecule has 7 heteroatoms. The van der Waals surface area contributed by atoms with E-state index < -0.39 is 29.6 Å². The van der Waals surface area contributed by atoms with Crippen LogP contribution in [0.4, 0.5) is 26.3 Å². The predicted molar refractivity (Wildman–Crippen MR) is 67.8 cm³/mol. The number of hydrogen-bond donors (Lipinski definition) is 0. The molecular formula is C15H10F6O. The van der Waals surface area contributed by atoms with Crippen molar-refractivity contribution >= 4 is 0 Å². The lowest BCUT2D eigenvalue weighted by molar-refractivity contribution is -0.253. The number of alkyl halides is 6. The number of benzene rings is 2. The summed E-state index contributed by atoms with van der Waals surface area (Å²) in [5.74, 6) is -3.92. The van der Waals surface area contributed by atoms with Crippen molar-refractivity contribution in [3.8, 4) is 11.5 Å². The van der Waals surface area contributed by atoms with Crippen LogP contribution in [0.2, 0.25) is 0 Å². The zero-order valence-corrected chi connectivity index (χ0v) is 10.9. The van der Waals surface area contributed by atoms with Crippen molar-refractivity contribution in [2.45, 2.75) is 18.3 Å². The minimum absolute atomic E-state index is 0.151. The Hall–Kier alpha value is -2.18. The van der Waals surface area contributed by atoms with Crippen molar-refractivity contribution in [2.24, 2.45) is 0 Å². The Bertz CT molecular complexity index is 604. The van der Waals surface area contributed by atoms with Crippen molar-refractivity contribution in [2.75, 3.05) is 0 Å². The third-order valence-electron chi connectivity index (χ3n) is 2.86. The fraction of sp³-hybridized carbons (Fsp3) is 0.200. The van der Waals surface area contributed by atoms with Crippen LogP contribution in [0.15, 0.2) is 54.6 Å². The number of hydrogen-bond acceptors (Lipinski definition) is 1. The minimum Gasteiger partial charge on any atom is -0.457 e. The molecule has 22 heavy (non-hydrogen) atoms. The molecule has 0 heterocycles. The van der Waals surface area contributed by atoms with E-state index in [0.29, 0.717) is 0 Å². The molecular weight excluding hydrogens is 310 g/mol. The molecule has 118 valence electrons. The van der Waals surface area contributed by atoms with E-state index in [1.807, 2.05) is 0 Å². The van der Waals surface area contributed by atoms with Gasteiger partial charge >= 0.3 is 12.4 Å². The Morgan fingerprint density at radius 2 is 1.18 bits per heavy atom. The van der Waals surface area contributed by atoms with Gasteiger partial charge in [0, 0.05) is 5.56 Å². The van der Waals surface area contributed by atoms with E-state index in [-0.39, 0.29) is 5.75 Å². The second kappa shape index (κ2) is 5.90. The number of para-hydroxylation sites is 2. The molecule has 0 saturated carbocycles. The van der Waals surface area contributed by atoms with E-state index in [0.717, 1.165) is 18.2 Å². The molecule has 0 radical (unpaired) electrons. The van der Waals surface area contributed by atoms with Crippen LogP contribution < -0.4 is 4.74 Å². The molecule has 0 atom stereocenters. The average Bonchev–Trinajstić information content (AvgIpc) is 2.39. The van der Waals surface area contributed by atoms with Crippen LogP contribution in [-0.4, -0.2) is 12.4 Å². The lowest BCUT2D eigenvalue weighted by atomic mass is 9.97. The SMILES string of the molecule is FC(F)(F)C(c1ccccc1Oc1ccccc1)C(F)(F)F. The van der Waals surface area contributed by atoms with E-state index in [1.54, 1.807) is 18.2 Å². The van der Waals surface area contributed by atoms with Gasteiger partial charge in [0.25, 0.3) is 0 Å². The molecule has 0 bridgehead atoms. The molecule has 0 aliphatic rings. The summed E-state index contributed by atoms with van der Waals surface area (Å²) in [6.45, 7) is 0. The molecule has 0 aromatic heterocycles. The first-order valence-electron chi connectivity index (χ1n) is 6.15. The molecule has 0 N–H and O–H groups in total. The number of rotatable bonds is 3. The molecule has 1 nitrogen and oxygen atoms in total. The molecule has 2 aromatic rings. The summed E-state index contributed by atoms with van der Waals surface area (Å²) < 4.78 is 82.3. The first-order valence-corrected chi connectivity index (χ1v) is 6.15. The van der Waals surface area contributed by atoms with E-state index >= 15 is 0 Å². The topological polar surface area (TPSA) is 9.23 Å². The Morgan fingerprint density at radius 1 is 0.682 bits per heavy atom. The summed E-state index contributed by atoms with van der Waals surface area (Å²) in [5, 5.41) is 0. The highest BCUT2D eigenvalue weighted by molar-refractivity contribution is 5.41. The van der Waals surface area contributed by atoms with Gasteiger partial charge in [-0.1, -0.05) is 36.4 Å². The summed E-state index contributed by atoms with van der Waals surface area (Å²) in [7, 11) is 0. The first kappa shape index (κ1) is 16.2. The van der Waals surface area contributed by atoms with Gasteiger partial charge < -0.3 is 4.74 Å². The van der Waals surface area contributed by atoms with Gasteiger partial charge in [-0.2, -0.15) is 26.3 Å². The van der Waals surface area contributed by atoms with Crippen LogP contribution in [0.5, 0.6) is 11.5 Å². The van der Waals surface area contributed by atoms with Crippen molar-refractivity contribution in [1.29, 1.82) is 0 Å². The van der Waals surface area contributed by atoms with Gasteiger partial charge in [-0.05, 0) is 18.2 Å². The van der Waals surface area contributed by atoms with Gasteiger partial charge in [0.2, 0.25) is 0 Å². The molecule has 2 aromatic carbocycles. The highest BCUT2D eigenvalue weighted by atomic mass is 19.4. The molecule has 0 spiro atoms. The van der Waals surface area contributed by atoms with Crippen LogP contribution in [-0.2, 0) is 0 Å². The third-order valence-corrected chi connectivity index (χ3v) is 2.86. The second-order valence-corrected chi connectivity index (χ2v) is 4.47. The van der Waals surface area contributed by atoms with Crippen molar-refractivity contribution < 1.29 is 31.1 Å². The lowest BCUT2D eigenvalue weighted by Crippen LogP contribution is -2.34. The van der Waals surface area contributed by atoms with E-state index in [4.69, 9.17) is 4.74 Å². The Morgan fingerprint density at radius 3 is 1.73 bits per heavy atom. The molecule has 0 aliphatic heterocycles. The van der Waals surface area contributed by atoms with Gasteiger partial charge in [0.15, 0.2) is 5.92 Å². The molecule has 0 saturated heterocycles. The summed E-state index contributed by atoms with van der Waals surface area (Å²) in [6.07, 6.45) is -10.9. The summed E-state index contributed by atoms with van der Waals surface area (Å²) in [4.78, 5) is 0. The lowest BCUT2D eigenvalue weighted by Gasteiger charge is -2.25. The van der Waals surface area contributed by atoms with Crippen LogP contribution in [0, 0.1) is 0 Å². The number of ether oxygens (including phenoxy) is 1. The highest BCUT2D eigenvalue weighted by Crippen LogP contribution is 2.49. The third kappa shape index (κ3) is 3.72. The fourth-order valence-corrected chi connectivity index (χ4v) is 1.97. The monoisotopic (exact) mass is 320 g/mol. The van der Waals surface area contributed by atoms with Crippen molar-refractivity contribution in [3.05, 3.63) is 60.2 Å². The summed E-state index contributed by atoms with van der Waals surface area (Å²) in [6, 6.07) is 11.9. The van der Waals surface area contributed by atoms with Crippen LogP contribution in [0.25, 0.3) is 0 Å². The average molecular weight is 320 g/mol. The van der Waals surface area contributed by atoms with Crippen molar-refractivity contribution in [3.63, 3.8) is 0 Å². The van der Waals surface area contributed by atoms with Gasteiger partial charge in [-0.15, -0.1) is 0 Å². The van der Waals surface area contributed by atoms with Gasteiger partial charge in [0.1, 0.15) is 11.5 Å². The van der Waals surface area contributed by atoms with Crippen molar-refractivity contribution in [1.82, 2.24) is 0 Å². The van der Waals surface area contributed by atoms with E-state index in [9.17, 15) is 26.3 Å². The minimum atomic E-state index is -5.46. The standard InChI is InChI=1S/C15H10F6O/c16-14(17,18)13(15(19,20)21)11-8-4-5-9-12(11)22-10-6-2-1-3-7-10/h1-9,13H. The molecule has 0 unspecified atom stereocenters. The summed E-state index contributed by atoms with van der Waals surface area (Å²) in [5.41, 5.74) is -0.966. The largest absolute Gasteiger partial charge is 0.457 e. The van der Waals surface area contributed by atoms with Crippen LogP contribution in [0.1, 0.15) is 11.5 Å². The first-order chi connectivity index (χ1) is 10.2. The van der Waals surface area contributed by atoms with Gasteiger partial charge in [-0.3, -0.25) is 0 Å². The maximum Gasteiger partial charge on any atom is 0.404 e. The van der Waals surface area contributed by atoms with Crippen LogP contribution >= 0.6 is 0 Å². The van der Waals surface area contributed by atoms with Gasteiger partial charge in [0.05, 0.1) is 0 Å². The zero-order valence-electron chi connectivity index (χ0n) is 10.9. The Labute approximate surface area is 122 Å². The number of halogens is 6. The predicted octanol–water partition coefficient (Wildman–Crippen LogP) is 5.69. The Balaban J connectivity index is 2.46. The Kier molecular flexibility index (Phi) is 4.35. The van der Waals surface area contributed by atoms with E-state index in [1.165, 1.54) is 18.2 Å². The normalized spacial score (nSPS) is 12.5. The smallest absolute Gasteiger partial charge is 0.404 e. The van der Waals surface area contributed by atoms with Crippen LogP contribution in [0.3, 0.4) is 0 Å². The molecule has 0 fully saturated rings. The fourth-order valence-electron chi connectivity index (χ4n) is 1.97. The molecule has 0 amide bonds. The molecule has 0 aliphatic carbocycles. The second-order valence-electron chi connectivity index (χ2n) is 4.47. The summed E-state index contributed by atoms with van der Waals surface area (Å²) >= 11 is 0. The maximum absolute atomic E-state index is 12.8. The zero-order chi connectivity index (χ0) is 16.4. The maximum atomic E-state index is 12.8.